The molecule has 4 rings (SSSR count). The molecule has 1 N–H and O–H groups in total. The molecule has 3 aromatic rings. The van der Waals surface area contributed by atoms with E-state index in [1.54, 1.807) is 18.5 Å². The zero-order valence-electron chi connectivity index (χ0n) is 15.2. The van der Waals surface area contributed by atoms with Crippen LogP contribution in [-0.2, 0) is 4.74 Å². The zero-order chi connectivity index (χ0) is 18.8. The molecule has 0 radical (unpaired) electrons. The highest BCUT2D eigenvalue weighted by Gasteiger charge is 2.32. The number of aryl methyl sites for hydroxylation is 2. The summed E-state index contributed by atoms with van der Waals surface area (Å²) in [5.41, 5.74) is 3.14. The van der Waals surface area contributed by atoms with Gasteiger partial charge in [-0.1, -0.05) is 0 Å². The standard InChI is InChI=1S/C19H20N6O2/c1-12-8-13(2)22-19(21-12)23-16-10-27-11-17(16)25-18(26)6-5-15(24-25)14-4-3-7-20-9-14/h3-9,16-17H,10-11H2,1-2H3,(H,21,22,23). The van der Waals surface area contributed by atoms with Gasteiger partial charge in [0.25, 0.3) is 5.56 Å². The van der Waals surface area contributed by atoms with Crippen LogP contribution in [0.2, 0.25) is 0 Å². The average Bonchev–Trinajstić information content (AvgIpc) is 3.10. The zero-order valence-corrected chi connectivity index (χ0v) is 15.2. The third-order valence-electron chi connectivity index (χ3n) is 4.44. The molecule has 0 amide bonds. The Bertz CT molecular complexity index is 984. The van der Waals surface area contributed by atoms with Gasteiger partial charge in [-0.15, -0.1) is 0 Å². The maximum absolute atomic E-state index is 12.5. The molecular weight excluding hydrogens is 344 g/mol. The fourth-order valence-electron chi connectivity index (χ4n) is 3.21. The van der Waals surface area contributed by atoms with Gasteiger partial charge in [0.2, 0.25) is 5.95 Å². The lowest BCUT2D eigenvalue weighted by Crippen LogP contribution is -2.37. The Labute approximate surface area is 156 Å². The molecule has 1 saturated heterocycles. The van der Waals surface area contributed by atoms with Crippen molar-refractivity contribution in [3.63, 3.8) is 0 Å². The first-order valence-electron chi connectivity index (χ1n) is 8.77. The number of ether oxygens (including phenoxy) is 1. The first kappa shape index (κ1) is 17.3. The van der Waals surface area contributed by atoms with Crippen LogP contribution >= 0.6 is 0 Å². The SMILES string of the molecule is Cc1cc(C)nc(NC2COCC2n2nc(-c3cccnc3)ccc2=O)n1. The Morgan fingerprint density at radius 2 is 1.96 bits per heavy atom. The quantitative estimate of drug-likeness (QED) is 0.754. The van der Waals surface area contributed by atoms with Gasteiger partial charge in [0.15, 0.2) is 0 Å². The Morgan fingerprint density at radius 1 is 1.15 bits per heavy atom. The molecule has 8 nitrogen and oxygen atoms in total. The van der Waals surface area contributed by atoms with Crippen LogP contribution in [0, 0.1) is 13.8 Å². The molecule has 2 atom stereocenters. The summed E-state index contributed by atoms with van der Waals surface area (Å²) < 4.78 is 7.11. The summed E-state index contributed by atoms with van der Waals surface area (Å²) >= 11 is 0. The van der Waals surface area contributed by atoms with Gasteiger partial charge in [0.05, 0.1) is 24.9 Å². The second kappa shape index (κ2) is 7.24. The molecule has 0 spiro atoms. The predicted molar refractivity (Wildman–Crippen MR) is 101 cm³/mol. The summed E-state index contributed by atoms with van der Waals surface area (Å²) in [6.45, 7) is 4.69. The van der Waals surface area contributed by atoms with E-state index < -0.39 is 0 Å². The Kier molecular flexibility index (Phi) is 4.64. The van der Waals surface area contributed by atoms with E-state index in [4.69, 9.17) is 4.74 Å². The molecule has 0 bridgehead atoms. The molecular formula is C19H20N6O2. The topological polar surface area (TPSA) is 94.8 Å². The molecule has 0 aliphatic carbocycles. The lowest BCUT2D eigenvalue weighted by molar-refractivity contribution is 0.183. The number of hydrogen-bond acceptors (Lipinski definition) is 7. The molecule has 2 unspecified atom stereocenters. The van der Waals surface area contributed by atoms with Gasteiger partial charge in [0, 0.05) is 35.4 Å². The summed E-state index contributed by atoms with van der Waals surface area (Å²) in [5.74, 6) is 0.532. The summed E-state index contributed by atoms with van der Waals surface area (Å²) in [7, 11) is 0. The van der Waals surface area contributed by atoms with Crippen LogP contribution in [0.15, 0.2) is 47.5 Å². The first-order valence-corrected chi connectivity index (χ1v) is 8.77. The average molecular weight is 364 g/mol. The molecule has 1 fully saturated rings. The van der Waals surface area contributed by atoms with Crippen molar-refractivity contribution in [3.8, 4) is 11.3 Å². The molecule has 8 heteroatoms. The molecule has 138 valence electrons. The largest absolute Gasteiger partial charge is 0.377 e. The number of nitrogens with zero attached hydrogens (tertiary/aromatic N) is 5. The van der Waals surface area contributed by atoms with Crippen molar-refractivity contribution in [1.29, 1.82) is 0 Å². The molecule has 1 aliphatic heterocycles. The molecule has 27 heavy (non-hydrogen) atoms. The molecule has 4 heterocycles. The van der Waals surface area contributed by atoms with Crippen molar-refractivity contribution in [3.05, 3.63) is 64.5 Å². The fraction of sp³-hybridized carbons (Fsp3) is 0.316. The van der Waals surface area contributed by atoms with Crippen molar-refractivity contribution in [2.45, 2.75) is 25.9 Å². The maximum atomic E-state index is 12.5. The number of nitrogens with one attached hydrogen (secondary N) is 1. The van der Waals surface area contributed by atoms with Gasteiger partial charge >= 0.3 is 0 Å². The Morgan fingerprint density at radius 3 is 2.70 bits per heavy atom. The Hall–Kier alpha value is -3.13. The second-order valence-corrected chi connectivity index (χ2v) is 6.57. The molecule has 0 saturated carbocycles. The molecule has 1 aliphatic rings. The van der Waals surface area contributed by atoms with E-state index in [0.717, 1.165) is 17.0 Å². The maximum Gasteiger partial charge on any atom is 0.267 e. The van der Waals surface area contributed by atoms with Crippen LogP contribution in [0.5, 0.6) is 0 Å². The smallest absolute Gasteiger partial charge is 0.267 e. The predicted octanol–water partition coefficient (Wildman–Crippen LogP) is 1.76. The minimum absolute atomic E-state index is 0.152. The number of pyridine rings is 1. The van der Waals surface area contributed by atoms with Crippen LogP contribution in [0.3, 0.4) is 0 Å². The summed E-state index contributed by atoms with van der Waals surface area (Å²) in [4.78, 5) is 25.4. The number of aromatic nitrogens is 5. The van der Waals surface area contributed by atoms with Gasteiger partial charge in [-0.05, 0) is 38.1 Å². The minimum Gasteiger partial charge on any atom is -0.377 e. The first-order chi connectivity index (χ1) is 13.1. The Balaban J connectivity index is 1.64. The lowest BCUT2D eigenvalue weighted by Gasteiger charge is -2.21. The van der Waals surface area contributed by atoms with Crippen molar-refractivity contribution in [2.24, 2.45) is 0 Å². The number of rotatable bonds is 4. The number of anilines is 1. The van der Waals surface area contributed by atoms with Gasteiger partial charge in [-0.2, -0.15) is 5.10 Å². The van der Waals surface area contributed by atoms with E-state index in [1.165, 1.54) is 10.7 Å². The van der Waals surface area contributed by atoms with Crippen molar-refractivity contribution in [1.82, 2.24) is 24.7 Å². The van der Waals surface area contributed by atoms with Crippen LogP contribution in [-0.4, -0.2) is 44.0 Å². The lowest BCUT2D eigenvalue weighted by atomic mass is 10.1. The highest BCUT2D eigenvalue weighted by atomic mass is 16.5. The second-order valence-electron chi connectivity index (χ2n) is 6.57. The van der Waals surface area contributed by atoms with Gasteiger partial charge in [-0.25, -0.2) is 14.6 Å². The van der Waals surface area contributed by atoms with Crippen LogP contribution in [0.25, 0.3) is 11.3 Å². The highest BCUT2D eigenvalue weighted by molar-refractivity contribution is 5.56. The monoisotopic (exact) mass is 364 g/mol. The van der Waals surface area contributed by atoms with Crippen molar-refractivity contribution < 1.29 is 4.74 Å². The van der Waals surface area contributed by atoms with E-state index in [1.807, 2.05) is 32.0 Å². The van der Waals surface area contributed by atoms with E-state index in [9.17, 15) is 4.79 Å². The van der Waals surface area contributed by atoms with E-state index >= 15 is 0 Å². The summed E-state index contributed by atoms with van der Waals surface area (Å²) in [6.07, 6.45) is 3.43. The van der Waals surface area contributed by atoms with Gasteiger partial charge in [-0.3, -0.25) is 9.78 Å². The van der Waals surface area contributed by atoms with Crippen LogP contribution < -0.4 is 10.9 Å². The fourth-order valence-corrected chi connectivity index (χ4v) is 3.21. The van der Waals surface area contributed by atoms with Gasteiger partial charge in [0.1, 0.15) is 6.04 Å². The normalized spacial score (nSPS) is 19.2. The van der Waals surface area contributed by atoms with Crippen molar-refractivity contribution >= 4 is 5.95 Å². The van der Waals surface area contributed by atoms with Crippen LogP contribution in [0.4, 0.5) is 5.95 Å². The van der Waals surface area contributed by atoms with E-state index in [0.29, 0.717) is 24.9 Å². The highest BCUT2D eigenvalue weighted by Crippen LogP contribution is 2.22. The summed E-state index contributed by atoms with van der Waals surface area (Å²) in [5, 5.41) is 7.85. The third kappa shape index (κ3) is 3.70. The van der Waals surface area contributed by atoms with Gasteiger partial charge < -0.3 is 10.1 Å². The minimum atomic E-state index is -0.251. The van der Waals surface area contributed by atoms with Crippen LogP contribution in [0.1, 0.15) is 17.4 Å². The van der Waals surface area contributed by atoms with Crippen molar-refractivity contribution in [2.75, 3.05) is 18.5 Å². The summed E-state index contributed by atoms with van der Waals surface area (Å²) in [6, 6.07) is 8.50. The van der Waals surface area contributed by atoms with E-state index in [2.05, 4.69) is 25.4 Å². The number of hydrogen-bond donors (Lipinski definition) is 1. The van der Waals surface area contributed by atoms with E-state index in [-0.39, 0.29) is 17.6 Å². The molecule has 3 aromatic heterocycles. The third-order valence-corrected chi connectivity index (χ3v) is 4.44. The molecule has 0 aromatic carbocycles.